The molecule has 0 radical (unpaired) electrons. The Morgan fingerprint density at radius 1 is 0.941 bits per heavy atom. The minimum absolute atomic E-state index is 0.157. The number of imide groups is 2. The van der Waals surface area contributed by atoms with Crippen molar-refractivity contribution in [3.8, 4) is 5.75 Å². The van der Waals surface area contributed by atoms with E-state index in [1.807, 2.05) is 38.1 Å². The zero-order valence-electron chi connectivity index (χ0n) is 19.0. The third-order valence-electron chi connectivity index (χ3n) is 5.60. The van der Waals surface area contributed by atoms with Crippen LogP contribution in [0.4, 0.5) is 10.5 Å². The van der Waals surface area contributed by atoms with Crippen LogP contribution >= 0.6 is 15.9 Å². The van der Waals surface area contributed by atoms with Gasteiger partial charge in [0.05, 0.1) is 5.69 Å². The van der Waals surface area contributed by atoms with Crippen LogP contribution in [0.1, 0.15) is 27.8 Å². The van der Waals surface area contributed by atoms with Gasteiger partial charge < -0.3 is 4.74 Å². The fraction of sp³-hybridized carbons (Fsp3) is 0.148. The van der Waals surface area contributed by atoms with Crippen molar-refractivity contribution < 1.29 is 19.1 Å². The summed E-state index contributed by atoms with van der Waals surface area (Å²) < 4.78 is 6.80. The van der Waals surface area contributed by atoms with Gasteiger partial charge in [0.25, 0.3) is 11.8 Å². The van der Waals surface area contributed by atoms with Gasteiger partial charge in [-0.1, -0.05) is 46.3 Å². The fourth-order valence-corrected chi connectivity index (χ4v) is 4.01. The first-order valence-electron chi connectivity index (χ1n) is 10.7. The Kier molecular flexibility index (Phi) is 6.65. The second kappa shape index (κ2) is 9.65. The van der Waals surface area contributed by atoms with Gasteiger partial charge in [0.1, 0.15) is 17.9 Å². The number of benzene rings is 3. The molecule has 0 bridgehead atoms. The number of amides is 4. The third-order valence-corrected chi connectivity index (χ3v) is 6.09. The molecule has 1 heterocycles. The molecule has 1 saturated heterocycles. The van der Waals surface area contributed by atoms with Crippen LogP contribution in [0.5, 0.6) is 5.75 Å². The molecule has 3 aromatic carbocycles. The van der Waals surface area contributed by atoms with E-state index in [1.165, 1.54) is 17.2 Å². The molecular weight excluding hydrogens is 496 g/mol. The van der Waals surface area contributed by atoms with Crippen molar-refractivity contribution >= 4 is 45.5 Å². The van der Waals surface area contributed by atoms with Crippen LogP contribution in [0, 0.1) is 20.8 Å². The van der Waals surface area contributed by atoms with Crippen molar-refractivity contribution in [2.45, 2.75) is 27.4 Å². The topological polar surface area (TPSA) is 75.7 Å². The highest BCUT2D eigenvalue weighted by Crippen LogP contribution is 2.29. The van der Waals surface area contributed by atoms with Gasteiger partial charge in [-0.15, -0.1) is 0 Å². The Labute approximate surface area is 206 Å². The Morgan fingerprint density at radius 2 is 1.74 bits per heavy atom. The first-order valence-corrected chi connectivity index (χ1v) is 11.5. The quantitative estimate of drug-likeness (QED) is 0.351. The second-order valence-corrected chi connectivity index (χ2v) is 9.10. The van der Waals surface area contributed by atoms with Crippen LogP contribution in [0.15, 0.2) is 70.7 Å². The Morgan fingerprint density at radius 3 is 2.47 bits per heavy atom. The second-order valence-electron chi connectivity index (χ2n) is 8.19. The summed E-state index contributed by atoms with van der Waals surface area (Å²) in [7, 11) is 0. The Bertz CT molecular complexity index is 1350. The Hall–Kier alpha value is -3.71. The number of nitrogens with zero attached hydrogens (tertiary/aromatic N) is 1. The van der Waals surface area contributed by atoms with Gasteiger partial charge in [0.2, 0.25) is 0 Å². The number of ether oxygens (including phenoxy) is 1. The molecule has 7 heteroatoms. The minimum Gasteiger partial charge on any atom is -0.488 e. The van der Waals surface area contributed by atoms with E-state index in [0.717, 1.165) is 20.5 Å². The first-order chi connectivity index (χ1) is 16.2. The summed E-state index contributed by atoms with van der Waals surface area (Å²) in [6.07, 6.45) is 1.45. The molecule has 34 heavy (non-hydrogen) atoms. The molecule has 3 aromatic rings. The van der Waals surface area contributed by atoms with Crippen molar-refractivity contribution in [2.24, 2.45) is 0 Å². The molecule has 0 saturated carbocycles. The monoisotopic (exact) mass is 518 g/mol. The molecular formula is C27H23BrN2O4. The van der Waals surface area contributed by atoms with Gasteiger partial charge in [0, 0.05) is 10.0 Å². The molecule has 0 aromatic heterocycles. The van der Waals surface area contributed by atoms with Crippen molar-refractivity contribution in [3.63, 3.8) is 0 Å². The molecule has 1 fully saturated rings. The average Bonchev–Trinajstić information content (AvgIpc) is 2.78. The van der Waals surface area contributed by atoms with E-state index < -0.39 is 17.8 Å². The van der Waals surface area contributed by atoms with Crippen LogP contribution in [0.2, 0.25) is 0 Å². The summed E-state index contributed by atoms with van der Waals surface area (Å²) in [5.41, 5.74) is 5.03. The number of halogens is 1. The number of rotatable bonds is 5. The van der Waals surface area contributed by atoms with Gasteiger partial charge >= 0.3 is 6.03 Å². The van der Waals surface area contributed by atoms with E-state index in [1.54, 1.807) is 30.3 Å². The summed E-state index contributed by atoms with van der Waals surface area (Å²) >= 11 is 3.44. The van der Waals surface area contributed by atoms with Crippen LogP contribution in [-0.2, 0) is 16.2 Å². The highest BCUT2D eigenvalue weighted by Gasteiger charge is 2.37. The summed E-state index contributed by atoms with van der Waals surface area (Å²) in [4.78, 5) is 39.3. The van der Waals surface area contributed by atoms with Gasteiger partial charge in [-0.2, -0.15) is 0 Å². The van der Waals surface area contributed by atoms with Crippen molar-refractivity contribution in [2.75, 3.05) is 4.90 Å². The maximum Gasteiger partial charge on any atom is 0.335 e. The highest BCUT2D eigenvalue weighted by molar-refractivity contribution is 9.10. The lowest BCUT2D eigenvalue weighted by Crippen LogP contribution is -2.54. The molecule has 0 atom stereocenters. The lowest BCUT2D eigenvalue weighted by molar-refractivity contribution is -0.122. The number of carbonyl (C=O) groups excluding carboxylic acids is 3. The van der Waals surface area contributed by atoms with Gasteiger partial charge in [0.15, 0.2) is 0 Å². The summed E-state index contributed by atoms with van der Waals surface area (Å²) in [5.74, 6) is -0.938. The highest BCUT2D eigenvalue weighted by atomic mass is 79.9. The molecule has 0 aliphatic carbocycles. The molecule has 0 spiro atoms. The lowest BCUT2D eigenvalue weighted by Gasteiger charge is -2.26. The fourth-order valence-electron chi connectivity index (χ4n) is 3.63. The number of barbiturate groups is 1. The maximum atomic E-state index is 13.2. The van der Waals surface area contributed by atoms with Crippen LogP contribution in [-0.4, -0.2) is 17.8 Å². The number of anilines is 1. The molecule has 172 valence electrons. The summed E-state index contributed by atoms with van der Waals surface area (Å²) in [6.45, 7) is 6.28. The number of urea groups is 1. The molecule has 1 aliphatic heterocycles. The summed E-state index contributed by atoms with van der Waals surface area (Å²) in [6, 6.07) is 17.6. The van der Waals surface area contributed by atoms with E-state index in [2.05, 4.69) is 34.2 Å². The molecule has 1 N–H and O–H groups in total. The Balaban J connectivity index is 1.67. The van der Waals surface area contributed by atoms with E-state index in [0.29, 0.717) is 23.6 Å². The number of aryl methyl sites for hydroxylation is 3. The molecule has 0 unspecified atom stereocenters. The van der Waals surface area contributed by atoms with E-state index >= 15 is 0 Å². The molecule has 6 nitrogen and oxygen atoms in total. The van der Waals surface area contributed by atoms with Gasteiger partial charge in [-0.05, 0) is 79.4 Å². The van der Waals surface area contributed by atoms with E-state index in [4.69, 9.17) is 4.74 Å². The van der Waals surface area contributed by atoms with Gasteiger partial charge in [-0.3, -0.25) is 14.9 Å². The number of nitrogens with one attached hydrogen (secondary N) is 1. The van der Waals surface area contributed by atoms with Crippen LogP contribution < -0.4 is 15.0 Å². The molecule has 4 rings (SSSR count). The predicted octanol–water partition coefficient (Wildman–Crippen LogP) is 5.62. The maximum absolute atomic E-state index is 13.2. The van der Waals surface area contributed by atoms with Gasteiger partial charge in [-0.25, -0.2) is 9.69 Å². The summed E-state index contributed by atoms with van der Waals surface area (Å²) in [5, 5.41) is 2.26. The minimum atomic E-state index is -0.779. The lowest BCUT2D eigenvalue weighted by atomic mass is 10.1. The zero-order chi connectivity index (χ0) is 24.4. The van der Waals surface area contributed by atoms with Crippen LogP contribution in [0.25, 0.3) is 6.08 Å². The smallest absolute Gasteiger partial charge is 0.335 e. The first kappa shape index (κ1) is 23.4. The number of hydrogen-bond acceptors (Lipinski definition) is 4. The molecule has 1 aliphatic rings. The predicted molar refractivity (Wildman–Crippen MR) is 135 cm³/mol. The normalized spacial score (nSPS) is 15.0. The van der Waals surface area contributed by atoms with E-state index in [9.17, 15) is 14.4 Å². The van der Waals surface area contributed by atoms with E-state index in [-0.39, 0.29) is 5.57 Å². The van der Waals surface area contributed by atoms with Crippen molar-refractivity contribution in [1.82, 2.24) is 5.32 Å². The number of hydrogen-bond donors (Lipinski definition) is 1. The SMILES string of the molecule is Cc1cccc(N2C(=O)NC(=O)/C(=C\c3cc(Br)ccc3OCc3ccc(C)c(C)c3)C2=O)c1. The van der Waals surface area contributed by atoms with Crippen molar-refractivity contribution in [1.29, 1.82) is 0 Å². The molecule has 4 amide bonds. The van der Waals surface area contributed by atoms with Crippen molar-refractivity contribution in [3.05, 3.63) is 98.5 Å². The zero-order valence-corrected chi connectivity index (χ0v) is 20.6. The third kappa shape index (κ3) is 4.94. The standard InChI is InChI=1S/C27H23BrN2O4/c1-16-5-4-6-22(11-16)30-26(32)23(25(31)29-27(30)33)14-20-13-21(28)9-10-24(20)34-15-19-8-7-17(2)18(3)12-19/h4-14H,15H2,1-3H3,(H,29,31,33)/b23-14+. The number of carbonyl (C=O) groups is 3. The van der Waals surface area contributed by atoms with Crippen LogP contribution in [0.3, 0.4) is 0 Å². The largest absolute Gasteiger partial charge is 0.488 e. The average molecular weight is 519 g/mol.